The zero-order chi connectivity index (χ0) is 15.2. The lowest BCUT2D eigenvalue weighted by Crippen LogP contribution is -2.08. The third-order valence-corrected chi connectivity index (χ3v) is 4.93. The van der Waals surface area contributed by atoms with Crippen LogP contribution in [0.4, 0.5) is 0 Å². The highest BCUT2D eigenvalue weighted by Crippen LogP contribution is 2.24. The number of hydrogen-bond acceptors (Lipinski definition) is 0. The molecule has 0 aliphatic heterocycles. The predicted molar refractivity (Wildman–Crippen MR) is 94.2 cm³/mol. The molecule has 0 radical (unpaired) electrons. The van der Waals surface area contributed by atoms with E-state index in [-0.39, 0.29) is 0 Å². The molecule has 20 heavy (non-hydrogen) atoms. The van der Waals surface area contributed by atoms with Crippen LogP contribution >= 0.6 is 0 Å². The molecule has 0 aromatic heterocycles. The minimum atomic E-state index is 0.892. The van der Waals surface area contributed by atoms with Crippen molar-refractivity contribution in [1.82, 2.24) is 0 Å². The standard InChI is InChI=1S/C20H42/c1-6-7-8-13-16-19(4)20(5)17-14-11-9-10-12-15-18(2)3/h18-20H,6-17H2,1-5H3. The van der Waals surface area contributed by atoms with Crippen molar-refractivity contribution in [3.8, 4) is 0 Å². The molecule has 122 valence electrons. The van der Waals surface area contributed by atoms with Crippen LogP contribution in [0.25, 0.3) is 0 Å². The van der Waals surface area contributed by atoms with Gasteiger partial charge < -0.3 is 0 Å². The van der Waals surface area contributed by atoms with Gasteiger partial charge in [-0.3, -0.25) is 0 Å². The number of unbranched alkanes of at least 4 members (excludes halogenated alkanes) is 7. The predicted octanol–water partition coefficient (Wildman–Crippen LogP) is 7.62. The normalized spacial score (nSPS) is 14.7. The van der Waals surface area contributed by atoms with Gasteiger partial charge in [0.1, 0.15) is 0 Å². The van der Waals surface area contributed by atoms with E-state index in [0.717, 1.165) is 17.8 Å². The van der Waals surface area contributed by atoms with Crippen LogP contribution in [0.2, 0.25) is 0 Å². The van der Waals surface area contributed by atoms with E-state index in [9.17, 15) is 0 Å². The molecule has 0 aliphatic rings. The molecule has 0 saturated carbocycles. The summed E-state index contributed by atoms with van der Waals surface area (Å²) in [6.45, 7) is 11.9. The quantitative estimate of drug-likeness (QED) is 0.287. The van der Waals surface area contributed by atoms with Crippen molar-refractivity contribution in [3.05, 3.63) is 0 Å². The van der Waals surface area contributed by atoms with Gasteiger partial charge in [-0.05, 0) is 17.8 Å². The van der Waals surface area contributed by atoms with Gasteiger partial charge in [0, 0.05) is 0 Å². The summed E-state index contributed by atoms with van der Waals surface area (Å²) < 4.78 is 0. The lowest BCUT2D eigenvalue weighted by atomic mass is 9.86. The van der Waals surface area contributed by atoms with E-state index in [1.807, 2.05) is 0 Å². The Morgan fingerprint density at radius 1 is 0.500 bits per heavy atom. The van der Waals surface area contributed by atoms with Crippen LogP contribution in [0, 0.1) is 17.8 Å². The summed E-state index contributed by atoms with van der Waals surface area (Å²) in [6, 6.07) is 0. The van der Waals surface area contributed by atoms with Gasteiger partial charge in [0.05, 0.1) is 0 Å². The van der Waals surface area contributed by atoms with Crippen molar-refractivity contribution in [2.24, 2.45) is 17.8 Å². The van der Waals surface area contributed by atoms with Gasteiger partial charge in [-0.15, -0.1) is 0 Å². The first kappa shape index (κ1) is 20.0. The largest absolute Gasteiger partial charge is 0.0654 e. The Kier molecular flexibility index (Phi) is 14.0. The molecule has 0 aliphatic carbocycles. The highest BCUT2D eigenvalue weighted by molar-refractivity contribution is 4.63. The molecular weight excluding hydrogens is 240 g/mol. The maximum absolute atomic E-state index is 2.48. The Morgan fingerprint density at radius 3 is 1.35 bits per heavy atom. The number of hydrogen-bond donors (Lipinski definition) is 0. The SMILES string of the molecule is CCCCCCC(C)C(C)CCCCCCCC(C)C. The maximum atomic E-state index is 2.48. The highest BCUT2D eigenvalue weighted by Gasteiger charge is 2.11. The summed E-state index contributed by atoms with van der Waals surface area (Å²) in [7, 11) is 0. The van der Waals surface area contributed by atoms with Crippen molar-refractivity contribution >= 4 is 0 Å². The minimum Gasteiger partial charge on any atom is -0.0654 e. The second-order valence-electron chi connectivity index (χ2n) is 7.54. The van der Waals surface area contributed by atoms with Crippen LogP contribution in [0.3, 0.4) is 0 Å². The first-order valence-electron chi connectivity index (χ1n) is 9.57. The van der Waals surface area contributed by atoms with Crippen LogP contribution < -0.4 is 0 Å². The van der Waals surface area contributed by atoms with E-state index < -0.39 is 0 Å². The molecule has 0 rings (SSSR count). The van der Waals surface area contributed by atoms with E-state index in [0.29, 0.717) is 0 Å². The Bertz CT molecular complexity index is 182. The molecule has 0 saturated heterocycles. The highest BCUT2D eigenvalue weighted by atomic mass is 14.2. The third-order valence-electron chi connectivity index (χ3n) is 4.93. The fraction of sp³-hybridized carbons (Fsp3) is 1.00. The minimum absolute atomic E-state index is 0.892. The molecule has 0 aromatic carbocycles. The molecule has 0 N–H and O–H groups in total. The molecule has 0 heteroatoms. The molecule has 2 unspecified atom stereocenters. The first-order chi connectivity index (χ1) is 9.57. The van der Waals surface area contributed by atoms with Crippen LogP contribution in [0.5, 0.6) is 0 Å². The summed E-state index contributed by atoms with van der Waals surface area (Å²) >= 11 is 0. The van der Waals surface area contributed by atoms with Crippen LogP contribution in [0.1, 0.15) is 112 Å². The summed E-state index contributed by atoms with van der Waals surface area (Å²) in [5.74, 6) is 2.77. The second-order valence-corrected chi connectivity index (χ2v) is 7.54. The first-order valence-corrected chi connectivity index (χ1v) is 9.57. The second kappa shape index (κ2) is 14.0. The fourth-order valence-corrected chi connectivity index (χ4v) is 3.01. The Morgan fingerprint density at radius 2 is 0.900 bits per heavy atom. The molecule has 0 heterocycles. The van der Waals surface area contributed by atoms with Crippen molar-refractivity contribution in [1.29, 1.82) is 0 Å². The van der Waals surface area contributed by atoms with Gasteiger partial charge in [-0.25, -0.2) is 0 Å². The van der Waals surface area contributed by atoms with Gasteiger partial charge >= 0.3 is 0 Å². The van der Waals surface area contributed by atoms with Gasteiger partial charge in [-0.1, -0.05) is 112 Å². The van der Waals surface area contributed by atoms with Gasteiger partial charge in [0.25, 0.3) is 0 Å². The molecule has 0 aromatic rings. The van der Waals surface area contributed by atoms with E-state index >= 15 is 0 Å². The monoisotopic (exact) mass is 282 g/mol. The maximum Gasteiger partial charge on any atom is -0.0417 e. The molecule has 0 fully saturated rings. The van der Waals surface area contributed by atoms with E-state index in [2.05, 4.69) is 34.6 Å². The summed E-state index contributed by atoms with van der Waals surface area (Å²) in [5.41, 5.74) is 0. The van der Waals surface area contributed by atoms with Gasteiger partial charge in [-0.2, -0.15) is 0 Å². The van der Waals surface area contributed by atoms with Crippen LogP contribution in [0.15, 0.2) is 0 Å². The van der Waals surface area contributed by atoms with Crippen molar-refractivity contribution < 1.29 is 0 Å². The molecule has 0 bridgehead atoms. The molecule has 0 amide bonds. The average Bonchev–Trinajstić information content (AvgIpc) is 2.41. The summed E-state index contributed by atoms with van der Waals surface area (Å²) in [6.07, 6.45) is 17.3. The summed E-state index contributed by atoms with van der Waals surface area (Å²) in [5, 5.41) is 0. The van der Waals surface area contributed by atoms with Crippen molar-refractivity contribution in [2.75, 3.05) is 0 Å². The van der Waals surface area contributed by atoms with E-state index in [1.165, 1.54) is 77.0 Å². The van der Waals surface area contributed by atoms with Crippen LogP contribution in [-0.2, 0) is 0 Å². The van der Waals surface area contributed by atoms with Crippen molar-refractivity contribution in [2.45, 2.75) is 112 Å². The van der Waals surface area contributed by atoms with Gasteiger partial charge in [0.15, 0.2) is 0 Å². The Labute approximate surface area is 130 Å². The molecule has 0 spiro atoms. The zero-order valence-electron chi connectivity index (χ0n) is 15.2. The molecule has 0 nitrogen and oxygen atoms in total. The summed E-state index contributed by atoms with van der Waals surface area (Å²) in [4.78, 5) is 0. The van der Waals surface area contributed by atoms with E-state index in [4.69, 9.17) is 0 Å². The van der Waals surface area contributed by atoms with Crippen LogP contribution in [-0.4, -0.2) is 0 Å². The van der Waals surface area contributed by atoms with Crippen molar-refractivity contribution in [3.63, 3.8) is 0 Å². The molecule has 2 atom stereocenters. The van der Waals surface area contributed by atoms with E-state index in [1.54, 1.807) is 0 Å². The lowest BCUT2D eigenvalue weighted by Gasteiger charge is -2.19. The molecular formula is C20H42. The lowest BCUT2D eigenvalue weighted by molar-refractivity contribution is 0.322. The smallest absolute Gasteiger partial charge is 0.0417 e. The fourth-order valence-electron chi connectivity index (χ4n) is 3.01. The Balaban J connectivity index is 3.36. The average molecular weight is 283 g/mol. The number of rotatable bonds is 14. The Hall–Kier alpha value is 0. The van der Waals surface area contributed by atoms with Gasteiger partial charge in [0.2, 0.25) is 0 Å². The third kappa shape index (κ3) is 13.0. The topological polar surface area (TPSA) is 0 Å². The zero-order valence-corrected chi connectivity index (χ0v) is 15.2.